The fourth-order valence-corrected chi connectivity index (χ4v) is 0.767. The van der Waals surface area contributed by atoms with Crippen LogP contribution in [0.25, 0.3) is 0 Å². The van der Waals surface area contributed by atoms with Crippen LogP contribution in [-0.4, -0.2) is 9.97 Å². The zero-order valence-electron chi connectivity index (χ0n) is 5.14. The number of hydrogen-bond acceptors (Lipinski definition) is 2. The average Bonchev–Trinajstić information content (AvgIpc) is 1.86. The molecule has 0 aliphatic heterocycles. The Labute approximate surface area is 65.1 Å². The Morgan fingerprint density at radius 1 is 1.45 bits per heavy atom. The first-order valence-corrected chi connectivity index (χ1v) is 3.02. The number of rotatable bonds is 0. The molecule has 0 fully saturated rings. The predicted octanol–water partition coefficient (Wildman–Crippen LogP) is 2.16. The molecule has 0 saturated heterocycles. The van der Waals surface area contributed by atoms with Gasteiger partial charge in [0.05, 0.1) is 6.33 Å². The molecule has 60 valence electrons. The van der Waals surface area contributed by atoms with Crippen LogP contribution in [0.2, 0.25) is 0 Å². The fourth-order valence-electron chi connectivity index (χ4n) is 0.546. The van der Waals surface area contributed by atoms with E-state index in [-0.39, 0.29) is 4.64 Å². The van der Waals surface area contributed by atoms with E-state index in [2.05, 4.69) is 22.2 Å². The molecule has 0 radical (unpaired) electrons. The molecule has 0 atom stereocenters. The first kappa shape index (κ1) is 8.19. The first-order chi connectivity index (χ1) is 5.02. The third-order valence-corrected chi connectivity index (χ3v) is 1.36. The molecule has 2 nitrogen and oxygen atoms in total. The van der Waals surface area contributed by atoms with Crippen molar-refractivity contribution < 1.29 is 13.2 Å². The van der Waals surface area contributed by atoms with Crippen LogP contribution >= 0.6 is 12.2 Å². The number of nitrogens with zero attached hydrogens (tertiary/aromatic N) is 1. The number of aromatic nitrogens is 2. The molecule has 6 heteroatoms. The Bertz CT molecular complexity index is 303. The van der Waals surface area contributed by atoms with Crippen molar-refractivity contribution in [2.75, 3.05) is 0 Å². The summed E-state index contributed by atoms with van der Waals surface area (Å²) in [7, 11) is 0. The van der Waals surface area contributed by atoms with E-state index in [1.165, 1.54) is 0 Å². The Hall–Kier alpha value is -0.910. The van der Waals surface area contributed by atoms with Crippen LogP contribution < -0.4 is 0 Å². The number of nitrogens with one attached hydrogen (secondary N) is 1. The largest absolute Gasteiger partial charge is 0.420 e. The second-order valence-electron chi connectivity index (χ2n) is 1.79. The van der Waals surface area contributed by atoms with Gasteiger partial charge < -0.3 is 4.98 Å². The zero-order chi connectivity index (χ0) is 8.48. The zero-order valence-corrected chi connectivity index (χ0v) is 5.96. The molecule has 0 aromatic carbocycles. The molecule has 0 saturated carbocycles. The monoisotopic (exact) mass is 180 g/mol. The number of alkyl halides is 3. The van der Waals surface area contributed by atoms with Gasteiger partial charge in [-0.3, -0.25) is 0 Å². The van der Waals surface area contributed by atoms with Crippen LogP contribution in [0.3, 0.4) is 0 Å². The minimum atomic E-state index is -4.41. The van der Waals surface area contributed by atoms with Crippen molar-refractivity contribution in [1.29, 1.82) is 0 Å². The number of hydrogen-bond donors (Lipinski definition) is 1. The highest BCUT2D eigenvalue weighted by Gasteiger charge is 2.32. The van der Waals surface area contributed by atoms with Gasteiger partial charge in [-0.05, 0) is 0 Å². The standard InChI is InChI=1S/C5H3F3N2S/c6-5(7,8)3-1-9-2-10-4(3)11/h1-2H,(H,9,10,11). The van der Waals surface area contributed by atoms with E-state index in [0.717, 1.165) is 6.33 Å². The Balaban J connectivity index is 3.26. The molecule has 11 heavy (non-hydrogen) atoms. The second kappa shape index (κ2) is 2.61. The molecule has 1 heterocycles. The molecule has 1 aromatic heterocycles. The number of halogens is 3. The highest BCUT2D eigenvalue weighted by molar-refractivity contribution is 7.71. The van der Waals surface area contributed by atoms with Crippen molar-refractivity contribution in [2.45, 2.75) is 6.18 Å². The second-order valence-corrected chi connectivity index (χ2v) is 2.20. The molecule has 0 amide bonds. The lowest BCUT2D eigenvalue weighted by Gasteiger charge is -2.03. The lowest BCUT2D eigenvalue weighted by atomic mass is 10.3. The summed E-state index contributed by atoms with van der Waals surface area (Å²) in [6, 6.07) is 0. The Morgan fingerprint density at radius 2 is 2.09 bits per heavy atom. The van der Waals surface area contributed by atoms with Crippen molar-refractivity contribution in [2.24, 2.45) is 0 Å². The Morgan fingerprint density at radius 3 is 2.45 bits per heavy atom. The van der Waals surface area contributed by atoms with Gasteiger partial charge in [-0.15, -0.1) is 0 Å². The van der Waals surface area contributed by atoms with Crippen molar-refractivity contribution in [3.8, 4) is 0 Å². The maximum Gasteiger partial charge on any atom is 0.420 e. The maximum absolute atomic E-state index is 11.9. The smallest absolute Gasteiger partial charge is 0.337 e. The number of H-pyrrole nitrogens is 1. The fraction of sp³-hybridized carbons (Fsp3) is 0.200. The topological polar surface area (TPSA) is 28.7 Å². The van der Waals surface area contributed by atoms with Crippen molar-refractivity contribution in [3.05, 3.63) is 22.7 Å². The summed E-state index contributed by atoms with van der Waals surface area (Å²) in [5.74, 6) is 0. The van der Waals surface area contributed by atoms with E-state index in [9.17, 15) is 13.2 Å². The summed E-state index contributed by atoms with van der Waals surface area (Å²) >= 11 is 4.38. The lowest BCUT2D eigenvalue weighted by molar-refractivity contribution is -0.138. The Kier molecular flexibility index (Phi) is 1.95. The van der Waals surface area contributed by atoms with Crippen LogP contribution in [0.15, 0.2) is 12.5 Å². The predicted molar refractivity (Wildman–Crippen MR) is 34.4 cm³/mol. The normalized spacial score (nSPS) is 11.5. The summed E-state index contributed by atoms with van der Waals surface area (Å²) in [5.41, 5.74) is -0.907. The van der Waals surface area contributed by atoms with Gasteiger partial charge in [0.25, 0.3) is 0 Å². The number of aromatic amines is 1. The van der Waals surface area contributed by atoms with Gasteiger partial charge in [-0.2, -0.15) is 13.2 Å². The third kappa shape index (κ3) is 1.76. The van der Waals surface area contributed by atoms with Crippen LogP contribution in [0.1, 0.15) is 5.56 Å². The minimum absolute atomic E-state index is 0.340. The molecule has 1 rings (SSSR count). The van der Waals surface area contributed by atoms with Crippen molar-refractivity contribution in [3.63, 3.8) is 0 Å². The van der Waals surface area contributed by atoms with E-state index >= 15 is 0 Å². The molecular weight excluding hydrogens is 177 g/mol. The summed E-state index contributed by atoms with van der Waals surface area (Å²) < 4.78 is 35.4. The highest BCUT2D eigenvalue weighted by Crippen LogP contribution is 2.28. The SMILES string of the molecule is FC(F)(F)c1cnc[nH]c1=S. The molecule has 0 spiro atoms. The van der Waals surface area contributed by atoms with Gasteiger partial charge in [-0.25, -0.2) is 4.98 Å². The van der Waals surface area contributed by atoms with Gasteiger partial charge in [0.1, 0.15) is 10.2 Å². The highest BCUT2D eigenvalue weighted by atomic mass is 32.1. The van der Waals surface area contributed by atoms with E-state index in [0.29, 0.717) is 6.20 Å². The molecule has 1 aromatic rings. The van der Waals surface area contributed by atoms with Gasteiger partial charge in [0.2, 0.25) is 0 Å². The van der Waals surface area contributed by atoms with Crippen molar-refractivity contribution in [1.82, 2.24) is 9.97 Å². The quantitative estimate of drug-likeness (QED) is 0.620. The summed E-state index contributed by atoms with van der Waals surface area (Å²) in [6.45, 7) is 0. The summed E-state index contributed by atoms with van der Waals surface area (Å²) in [5, 5.41) is 0. The van der Waals surface area contributed by atoms with Gasteiger partial charge in [-0.1, -0.05) is 12.2 Å². The summed E-state index contributed by atoms with van der Waals surface area (Å²) in [6.07, 6.45) is -2.61. The molecule has 0 bridgehead atoms. The maximum atomic E-state index is 11.9. The molecule has 0 aliphatic rings. The van der Waals surface area contributed by atoms with Crippen LogP contribution in [0.4, 0.5) is 13.2 Å². The molecular formula is C5H3F3N2S. The third-order valence-electron chi connectivity index (χ3n) is 1.02. The minimum Gasteiger partial charge on any atom is -0.337 e. The molecule has 1 N–H and O–H groups in total. The average molecular weight is 180 g/mol. The van der Waals surface area contributed by atoms with Crippen LogP contribution in [-0.2, 0) is 6.18 Å². The van der Waals surface area contributed by atoms with E-state index in [4.69, 9.17) is 0 Å². The summed E-state index contributed by atoms with van der Waals surface area (Å²) in [4.78, 5) is 5.46. The first-order valence-electron chi connectivity index (χ1n) is 2.61. The van der Waals surface area contributed by atoms with Gasteiger partial charge in [0, 0.05) is 6.20 Å². The van der Waals surface area contributed by atoms with E-state index < -0.39 is 11.7 Å². The van der Waals surface area contributed by atoms with E-state index in [1.807, 2.05) is 0 Å². The lowest BCUT2D eigenvalue weighted by Crippen LogP contribution is -2.06. The van der Waals surface area contributed by atoms with Gasteiger partial charge >= 0.3 is 6.18 Å². The van der Waals surface area contributed by atoms with E-state index in [1.54, 1.807) is 0 Å². The van der Waals surface area contributed by atoms with Crippen LogP contribution in [0, 0.1) is 4.64 Å². The van der Waals surface area contributed by atoms with Crippen molar-refractivity contribution >= 4 is 12.2 Å². The molecule has 0 unspecified atom stereocenters. The van der Waals surface area contributed by atoms with Gasteiger partial charge in [0.15, 0.2) is 0 Å². The molecule has 0 aliphatic carbocycles. The van der Waals surface area contributed by atoms with Crippen LogP contribution in [0.5, 0.6) is 0 Å².